The van der Waals surface area contributed by atoms with Crippen LogP contribution in [0, 0.1) is 5.82 Å². The highest BCUT2D eigenvalue weighted by molar-refractivity contribution is 7.19. The van der Waals surface area contributed by atoms with Crippen LogP contribution < -0.4 is 0 Å². The third-order valence-electron chi connectivity index (χ3n) is 1.91. The third kappa shape index (κ3) is 2.17. The molecule has 78 valence electrons. The van der Waals surface area contributed by atoms with Crippen molar-refractivity contribution >= 4 is 22.9 Å². The fourth-order valence-electron chi connectivity index (χ4n) is 1.29. The van der Waals surface area contributed by atoms with Gasteiger partial charge >= 0.3 is 0 Å². The molecule has 2 rings (SSSR count). The maximum Gasteiger partial charge on any atom is 0.184 e. The molecule has 15 heavy (non-hydrogen) atoms. The highest BCUT2D eigenvalue weighted by atomic mass is 35.5. The van der Waals surface area contributed by atoms with E-state index in [9.17, 15) is 4.39 Å². The van der Waals surface area contributed by atoms with E-state index in [1.807, 2.05) is 0 Å². The number of aliphatic hydroxyl groups excluding tert-OH is 1. The molecule has 1 N–H and O–H groups in total. The zero-order valence-corrected chi connectivity index (χ0v) is 9.15. The number of halogens is 2. The number of aliphatic hydroxyl groups is 1. The lowest BCUT2D eigenvalue weighted by molar-refractivity contribution is 0.278. The number of rotatable bonds is 2. The summed E-state index contributed by atoms with van der Waals surface area (Å²) in [6, 6.07) is 6.12. The summed E-state index contributed by atoms with van der Waals surface area (Å²) in [5, 5.41) is 9.05. The van der Waals surface area contributed by atoms with Crippen LogP contribution in [0.1, 0.15) is 5.69 Å². The normalized spacial score (nSPS) is 10.6. The molecular weight excluding hydrogens is 237 g/mol. The van der Waals surface area contributed by atoms with Gasteiger partial charge in [0.05, 0.1) is 17.2 Å². The van der Waals surface area contributed by atoms with E-state index in [2.05, 4.69) is 4.98 Å². The molecule has 0 spiro atoms. The van der Waals surface area contributed by atoms with Crippen LogP contribution in [-0.4, -0.2) is 10.1 Å². The molecule has 2 aromatic rings. The Bertz CT molecular complexity index is 486. The van der Waals surface area contributed by atoms with Gasteiger partial charge < -0.3 is 5.11 Å². The van der Waals surface area contributed by atoms with Crippen LogP contribution in [-0.2, 0) is 6.61 Å². The summed E-state index contributed by atoms with van der Waals surface area (Å²) >= 11 is 6.96. The van der Waals surface area contributed by atoms with Gasteiger partial charge in [-0.1, -0.05) is 23.7 Å². The van der Waals surface area contributed by atoms with Crippen LogP contribution in [0.15, 0.2) is 24.3 Å². The lowest BCUT2D eigenvalue weighted by Gasteiger charge is -1.99. The Balaban J connectivity index is 2.53. The molecule has 0 aliphatic heterocycles. The minimum absolute atomic E-state index is 0.199. The standard InChI is InChI=1S/C10H7ClFNOS/c11-10-13-8(5-14)9(15-10)6-2-1-3-7(12)4-6/h1-4,14H,5H2. The zero-order chi connectivity index (χ0) is 10.8. The first-order valence-electron chi connectivity index (χ1n) is 4.22. The van der Waals surface area contributed by atoms with E-state index >= 15 is 0 Å². The van der Waals surface area contributed by atoms with Gasteiger partial charge in [-0.25, -0.2) is 9.37 Å². The fourth-order valence-corrected chi connectivity index (χ4v) is 2.42. The minimum Gasteiger partial charge on any atom is -0.390 e. The molecule has 1 aromatic carbocycles. The van der Waals surface area contributed by atoms with Crippen molar-refractivity contribution in [2.75, 3.05) is 0 Å². The van der Waals surface area contributed by atoms with E-state index in [-0.39, 0.29) is 12.4 Å². The third-order valence-corrected chi connectivity index (χ3v) is 3.16. The van der Waals surface area contributed by atoms with Crippen molar-refractivity contribution in [1.29, 1.82) is 0 Å². The summed E-state index contributed by atoms with van der Waals surface area (Å²) in [7, 11) is 0. The summed E-state index contributed by atoms with van der Waals surface area (Å²) in [6.45, 7) is -0.199. The van der Waals surface area contributed by atoms with E-state index < -0.39 is 0 Å². The van der Waals surface area contributed by atoms with Crippen molar-refractivity contribution in [2.45, 2.75) is 6.61 Å². The van der Waals surface area contributed by atoms with Gasteiger partial charge in [0.2, 0.25) is 0 Å². The van der Waals surface area contributed by atoms with Gasteiger partial charge in [0.15, 0.2) is 4.47 Å². The van der Waals surface area contributed by atoms with E-state index in [4.69, 9.17) is 16.7 Å². The molecule has 0 bridgehead atoms. The van der Waals surface area contributed by atoms with Gasteiger partial charge in [-0.05, 0) is 17.7 Å². The molecule has 1 heterocycles. The van der Waals surface area contributed by atoms with Crippen molar-refractivity contribution in [3.05, 3.63) is 40.2 Å². The Kier molecular flexibility index (Phi) is 3.00. The fraction of sp³-hybridized carbons (Fsp3) is 0.100. The first-order chi connectivity index (χ1) is 7.20. The van der Waals surface area contributed by atoms with Crippen molar-refractivity contribution in [3.63, 3.8) is 0 Å². The molecule has 2 nitrogen and oxygen atoms in total. The molecule has 0 aliphatic rings. The second-order valence-corrected chi connectivity index (χ2v) is 4.49. The summed E-state index contributed by atoms with van der Waals surface area (Å²) in [5.74, 6) is -0.319. The van der Waals surface area contributed by atoms with Gasteiger partial charge in [0.1, 0.15) is 5.82 Å². The van der Waals surface area contributed by atoms with Crippen molar-refractivity contribution in [3.8, 4) is 10.4 Å². The van der Waals surface area contributed by atoms with E-state index in [0.29, 0.717) is 20.6 Å². The van der Waals surface area contributed by atoms with Crippen LogP contribution >= 0.6 is 22.9 Å². The summed E-state index contributed by atoms with van der Waals surface area (Å²) in [6.07, 6.45) is 0. The predicted octanol–water partition coefficient (Wildman–Crippen LogP) is 3.09. The summed E-state index contributed by atoms with van der Waals surface area (Å²) in [5.41, 5.74) is 1.17. The minimum atomic E-state index is -0.319. The van der Waals surface area contributed by atoms with E-state index in [0.717, 1.165) is 0 Å². The zero-order valence-electron chi connectivity index (χ0n) is 7.58. The molecule has 1 aromatic heterocycles. The molecule has 0 saturated carbocycles. The van der Waals surface area contributed by atoms with Gasteiger partial charge in [0.25, 0.3) is 0 Å². The first-order valence-corrected chi connectivity index (χ1v) is 5.42. The molecule has 0 amide bonds. The van der Waals surface area contributed by atoms with Crippen LogP contribution in [0.3, 0.4) is 0 Å². The SMILES string of the molecule is OCc1nc(Cl)sc1-c1cccc(F)c1. The first kappa shape index (κ1) is 10.5. The monoisotopic (exact) mass is 243 g/mol. The maximum absolute atomic E-state index is 13.0. The molecule has 0 atom stereocenters. The van der Waals surface area contributed by atoms with Gasteiger partial charge in [-0.15, -0.1) is 11.3 Å². The molecule has 0 fully saturated rings. The predicted molar refractivity (Wildman–Crippen MR) is 58.4 cm³/mol. The molecule has 0 unspecified atom stereocenters. The number of hydrogen-bond donors (Lipinski definition) is 1. The second-order valence-electron chi connectivity index (χ2n) is 2.91. The molecule has 5 heteroatoms. The Morgan fingerprint density at radius 2 is 2.27 bits per heavy atom. The maximum atomic E-state index is 13.0. The molecule has 0 aliphatic carbocycles. The van der Waals surface area contributed by atoms with Crippen molar-refractivity contribution in [2.24, 2.45) is 0 Å². The summed E-state index contributed by atoms with van der Waals surface area (Å²) in [4.78, 5) is 4.66. The van der Waals surface area contributed by atoms with Gasteiger partial charge in [0, 0.05) is 0 Å². The molecule has 0 radical (unpaired) electrons. The number of nitrogens with zero attached hydrogens (tertiary/aromatic N) is 1. The van der Waals surface area contributed by atoms with Crippen molar-refractivity contribution in [1.82, 2.24) is 4.98 Å². The number of benzene rings is 1. The second kappa shape index (κ2) is 4.26. The van der Waals surface area contributed by atoms with Crippen LogP contribution in [0.25, 0.3) is 10.4 Å². The molecular formula is C10H7ClFNOS. The van der Waals surface area contributed by atoms with Gasteiger partial charge in [-0.2, -0.15) is 0 Å². The van der Waals surface area contributed by atoms with Crippen LogP contribution in [0.2, 0.25) is 4.47 Å². The quantitative estimate of drug-likeness (QED) is 0.879. The Morgan fingerprint density at radius 3 is 2.93 bits per heavy atom. The van der Waals surface area contributed by atoms with Crippen LogP contribution in [0.5, 0.6) is 0 Å². The number of hydrogen-bond acceptors (Lipinski definition) is 3. The highest BCUT2D eigenvalue weighted by Crippen LogP contribution is 2.32. The average molecular weight is 244 g/mol. The lowest BCUT2D eigenvalue weighted by Crippen LogP contribution is -1.86. The highest BCUT2D eigenvalue weighted by Gasteiger charge is 2.11. The number of thiazole rings is 1. The van der Waals surface area contributed by atoms with Crippen molar-refractivity contribution < 1.29 is 9.50 Å². The lowest BCUT2D eigenvalue weighted by atomic mass is 10.1. The van der Waals surface area contributed by atoms with E-state index in [1.54, 1.807) is 12.1 Å². The Labute approximate surface area is 95.0 Å². The smallest absolute Gasteiger partial charge is 0.184 e. The summed E-state index contributed by atoms with van der Waals surface area (Å²) < 4.78 is 13.3. The van der Waals surface area contributed by atoms with Gasteiger partial charge in [-0.3, -0.25) is 0 Å². The topological polar surface area (TPSA) is 33.1 Å². The average Bonchev–Trinajstić information content (AvgIpc) is 2.59. The Hall–Kier alpha value is -0.970. The Morgan fingerprint density at radius 1 is 1.47 bits per heavy atom. The number of aromatic nitrogens is 1. The molecule has 0 saturated heterocycles. The van der Waals surface area contributed by atoms with Crippen LogP contribution in [0.4, 0.5) is 4.39 Å². The van der Waals surface area contributed by atoms with E-state index in [1.165, 1.54) is 23.5 Å². The largest absolute Gasteiger partial charge is 0.390 e.